The van der Waals surface area contributed by atoms with Crippen LogP contribution in [-0.2, 0) is 5.41 Å². The summed E-state index contributed by atoms with van der Waals surface area (Å²) in [7, 11) is 0. The van der Waals surface area contributed by atoms with Crippen molar-refractivity contribution in [2.24, 2.45) is 0 Å². The van der Waals surface area contributed by atoms with Crippen molar-refractivity contribution in [3.63, 3.8) is 0 Å². The molecule has 3 heteroatoms. The van der Waals surface area contributed by atoms with Gasteiger partial charge in [0.15, 0.2) is 0 Å². The normalized spacial score (nSPS) is 21.4. The van der Waals surface area contributed by atoms with E-state index in [0.717, 1.165) is 0 Å². The Labute approximate surface area is 114 Å². The minimum absolute atomic E-state index is 0.275. The summed E-state index contributed by atoms with van der Waals surface area (Å²) in [5.41, 5.74) is 4.55. The number of carboxylic acid groups (broad SMARTS) is 2. The number of benzene rings is 1. The van der Waals surface area contributed by atoms with Crippen molar-refractivity contribution in [2.75, 3.05) is 0 Å². The first kappa shape index (κ1) is 15.3. The zero-order chi connectivity index (χ0) is 14.5. The molecular weight excluding hydrogens is 240 g/mol. The third kappa shape index (κ3) is 4.43. The van der Waals surface area contributed by atoms with Crippen LogP contribution < -0.4 is 0 Å². The molecule has 0 fully saturated rings. The highest BCUT2D eigenvalue weighted by atomic mass is 16.6. The number of aryl methyl sites for hydroxylation is 2. The first-order valence-electron chi connectivity index (χ1n) is 6.52. The fourth-order valence-corrected chi connectivity index (χ4v) is 2.35. The van der Waals surface area contributed by atoms with E-state index in [9.17, 15) is 0 Å². The number of allylic oxidation sites excluding steroid dienone is 2. The van der Waals surface area contributed by atoms with Gasteiger partial charge >= 0.3 is 6.16 Å². The Morgan fingerprint density at radius 1 is 1.21 bits per heavy atom. The Morgan fingerprint density at radius 2 is 1.84 bits per heavy atom. The molecule has 0 aromatic heterocycles. The van der Waals surface area contributed by atoms with Gasteiger partial charge in [0.25, 0.3) is 0 Å². The summed E-state index contributed by atoms with van der Waals surface area (Å²) < 4.78 is 0. The van der Waals surface area contributed by atoms with Gasteiger partial charge in [0.05, 0.1) is 0 Å². The molecular formula is C16H22O3. The minimum atomic E-state index is -1.83. The Balaban J connectivity index is 0.000000399. The summed E-state index contributed by atoms with van der Waals surface area (Å²) in [5.74, 6) is 0. The second kappa shape index (κ2) is 6.41. The molecule has 1 aromatic rings. The van der Waals surface area contributed by atoms with Crippen molar-refractivity contribution in [1.82, 2.24) is 0 Å². The van der Waals surface area contributed by atoms with Crippen LogP contribution in [0.1, 0.15) is 42.9 Å². The molecule has 3 nitrogen and oxygen atoms in total. The molecule has 0 amide bonds. The van der Waals surface area contributed by atoms with Crippen molar-refractivity contribution >= 4 is 6.16 Å². The van der Waals surface area contributed by atoms with Crippen LogP contribution in [0.3, 0.4) is 0 Å². The SMILES string of the molecule is Cc1ccc(C2(C)C=CCCC2)cc1C.O=C(O)O. The summed E-state index contributed by atoms with van der Waals surface area (Å²) >= 11 is 0. The highest BCUT2D eigenvalue weighted by molar-refractivity contribution is 5.53. The van der Waals surface area contributed by atoms with Gasteiger partial charge in [-0.05, 0) is 49.8 Å². The van der Waals surface area contributed by atoms with Crippen LogP contribution in [0.2, 0.25) is 0 Å². The molecule has 2 N–H and O–H groups in total. The first-order chi connectivity index (χ1) is 8.85. The van der Waals surface area contributed by atoms with Crippen LogP contribution in [0.5, 0.6) is 0 Å². The number of carbonyl (C=O) groups is 1. The highest BCUT2D eigenvalue weighted by Crippen LogP contribution is 2.35. The van der Waals surface area contributed by atoms with E-state index < -0.39 is 6.16 Å². The lowest BCUT2D eigenvalue weighted by molar-refractivity contribution is 0.137. The molecule has 0 saturated carbocycles. The number of hydrogen-bond donors (Lipinski definition) is 2. The molecule has 0 spiro atoms. The zero-order valence-electron chi connectivity index (χ0n) is 11.8. The standard InChI is InChI=1S/C15H20.CH2O3/c1-12-7-8-14(11-13(12)2)15(3)9-5-4-6-10-15;2-1(3)4/h5,7-9,11H,4,6,10H2,1-3H3;(H2,2,3,4). The monoisotopic (exact) mass is 262 g/mol. The Hall–Kier alpha value is -1.77. The molecule has 0 bridgehead atoms. The maximum absolute atomic E-state index is 8.56. The fourth-order valence-electron chi connectivity index (χ4n) is 2.35. The van der Waals surface area contributed by atoms with E-state index in [4.69, 9.17) is 15.0 Å². The Bertz CT molecular complexity index is 473. The van der Waals surface area contributed by atoms with Crippen LogP contribution >= 0.6 is 0 Å². The Kier molecular flexibility index (Phi) is 5.16. The molecule has 0 heterocycles. The van der Waals surface area contributed by atoms with Crippen LogP contribution in [0.15, 0.2) is 30.4 Å². The predicted octanol–water partition coefficient (Wildman–Crippen LogP) is 4.52. The van der Waals surface area contributed by atoms with E-state index in [-0.39, 0.29) is 5.41 Å². The van der Waals surface area contributed by atoms with E-state index in [2.05, 4.69) is 51.1 Å². The molecule has 0 saturated heterocycles. The molecule has 1 aliphatic carbocycles. The summed E-state index contributed by atoms with van der Waals surface area (Å²) in [5, 5.41) is 13.9. The van der Waals surface area contributed by atoms with Crippen molar-refractivity contribution in [2.45, 2.75) is 45.4 Å². The second-order valence-corrected chi connectivity index (χ2v) is 5.29. The van der Waals surface area contributed by atoms with E-state index in [1.165, 1.54) is 36.0 Å². The van der Waals surface area contributed by atoms with Gasteiger partial charge < -0.3 is 10.2 Å². The molecule has 1 aliphatic rings. The lowest BCUT2D eigenvalue weighted by Gasteiger charge is -2.30. The summed E-state index contributed by atoms with van der Waals surface area (Å²) in [6.45, 7) is 6.74. The lowest BCUT2D eigenvalue weighted by atomic mass is 9.75. The summed E-state index contributed by atoms with van der Waals surface area (Å²) in [6.07, 6.45) is 6.74. The van der Waals surface area contributed by atoms with Gasteiger partial charge in [0.2, 0.25) is 0 Å². The zero-order valence-corrected chi connectivity index (χ0v) is 11.8. The van der Waals surface area contributed by atoms with Crippen LogP contribution in [-0.4, -0.2) is 16.4 Å². The molecule has 0 aliphatic heterocycles. The van der Waals surface area contributed by atoms with Gasteiger partial charge in [-0.15, -0.1) is 0 Å². The molecule has 1 aromatic carbocycles. The Morgan fingerprint density at radius 3 is 2.32 bits per heavy atom. The van der Waals surface area contributed by atoms with Crippen molar-refractivity contribution in [3.05, 3.63) is 47.0 Å². The molecule has 0 radical (unpaired) electrons. The van der Waals surface area contributed by atoms with Crippen molar-refractivity contribution in [1.29, 1.82) is 0 Å². The van der Waals surface area contributed by atoms with E-state index in [1.807, 2.05) is 0 Å². The van der Waals surface area contributed by atoms with Gasteiger partial charge in [-0.1, -0.05) is 37.3 Å². The maximum Gasteiger partial charge on any atom is 0.503 e. The number of hydrogen-bond acceptors (Lipinski definition) is 1. The van der Waals surface area contributed by atoms with Gasteiger partial charge in [0.1, 0.15) is 0 Å². The summed E-state index contributed by atoms with van der Waals surface area (Å²) in [4.78, 5) is 8.56. The predicted molar refractivity (Wildman–Crippen MR) is 76.9 cm³/mol. The summed E-state index contributed by atoms with van der Waals surface area (Å²) in [6, 6.07) is 6.89. The molecule has 104 valence electrons. The third-order valence-electron chi connectivity index (χ3n) is 3.72. The first-order valence-corrected chi connectivity index (χ1v) is 6.52. The van der Waals surface area contributed by atoms with Gasteiger partial charge in [-0.3, -0.25) is 0 Å². The molecule has 1 unspecified atom stereocenters. The van der Waals surface area contributed by atoms with E-state index in [0.29, 0.717) is 0 Å². The van der Waals surface area contributed by atoms with Crippen molar-refractivity contribution in [3.8, 4) is 0 Å². The van der Waals surface area contributed by atoms with Gasteiger partial charge in [0, 0.05) is 5.41 Å². The molecule has 2 rings (SSSR count). The second-order valence-electron chi connectivity index (χ2n) is 5.29. The molecule has 1 atom stereocenters. The number of rotatable bonds is 1. The average Bonchev–Trinajstić information content (AvgIpc) is 2.33. The average molecular weight is 262 g/mol. The van der Waals surface area contributed by atoms with Crippen LogP contribution in [0.25, 0.3) is 0 Å². The van der Waals surface area contributed by atoms with Crippen LogP contribution in [0.4, 0.5) is 4.79 Å². The fraction of sp³-hybridized carbons (Fsp3) is 0.438. The largest absolute Gasteiger partial charge is 0.503 e. The van der Waals surface area contributed by atoms with Gasteiger partial charge in [-0.2, -0.15) is 0 Å². The topological polar surface area (TPSA) is 57.5 Å². The third-order valence-corrected chi connectivity index (χ3v) is 3.72. The quantitative estimate of drug-likeness (QED) is 0.731. The van der Waals surface area contributed by atoms with E-state index >= 15 is 0 Å². The lowest BCUT2D eigenvalue weighted by Crippen LogP contribution is -2.21. The van der Waals surface area contributed by atoms with E-state index in [1.54, 1.807) is 0 Å². The smallest absolute Gasteiger partial charge is 0.450 e. The maximum atomic E-state index is 8.56. The van der Waals surface area contributed by atoms with Crippen molar-refractivity contribution < 1.29 is 15.0 Å². The highest BCUT2D eigenvalue weighted by Gasteiger charge is 2.24. The van der Waals surface area contributed by atoms with Gasteiger partial charge in [-0.25, -0.2) is 4.79 Å². The van der Waals surface area contributed by atoms with Crippen LogP contribution in [0, 0.1) is 13.8 Å². The minimum Gasteiger partial charge on any atom is -0.450 e. The molecule has 19 heavy (non-hydrogen) atoms.